The Morgan fingerprint density at radius 3 is 2.58 bits per heavy atom. The third-order valence-electron chi connectivity index (χ3n) is 1.88. The predicted octanol–water partition coefficient (Wildman–Crippen LogP) is 1.38. The molecule has 3 N–H and O–H groups in total. The van der Waals surface area contributed by atoms with Gasteiger partial charge in [-0.2, -0.15) is 0 Å². The second-order valence-electron chi connectivity index (χ2n) is 3.22. The number of hydrogen-bond acceptors (Lipinski definition) is 2. The van der Waals surface area contributed by atoms with Gasteiger partial charge in [-0.25, -0.2) is 0 Å². The Kier molecular flexibility index (Phi) is 2.84. The van der Waals surface area contributed by atoms with Gasteiger partial charge < -0.3 is 10.8 Å². The SMILES string of the molecule is Cc1cccc(C(O)[C@H](C)N)c1. The molecule has 0 aliphatic rings. The molecular formula is C10H15NO. The minimum absolute atomic E-state index is 0.216. The maximum absolute atomic E-state index is 9.60. The van der Waals surface area contributed by atoms with Crippen LogP contribution >= 0.6 is 0 Å². The van der Waals surface area contributed by atoms with E-state index in [1.54, 1.807) is 6.92 Å². The first-order valence-electron chi connectivity index (χ1n) is 4.11. The molecule has 2 nitrogen and oxygen atoms in total. The second-order valence-corrected chi connectivity index (χ2v) is 3.22. The number of aliphatic hydroxyl groups excluding tert-OH is 1. The van der Waals surface area contributed by atoms with Gasteiger partial charge in [-0.05, 0) is 19.4 Å². The van der Waals surface area contributed by atoms with E-state index in [0.29, 0.717) is 0 Å². The number of nitrogens with two attached hydrogens (primary N) is 1. The van der Waals surface area contributed by atoms with Crippen molar-refractivity contribution in [3.63, 3.8) is 0 Å². The van der Waals surface area contributed by atoms with Gasteiger partial charge in [0.2, 0.25) is 0 Å². The van der Waals surface area contributed by atoms with E-state index in [2.05, 4.69) is 0 Å². The smallest absolute Gasteiger partial charge is 0.0938 e. The fourth-order valence-electron chi connectivity index (χ4n) is 1.16. The van der Waals surface area contributed by atoms with E-state index in [1.165, 1.54) is 0 Å². The third-order valence-corrected chi connectivity index (χ3v) is 1.88. The number of benzene rings is 1. The minimum atomic E-state index is -0.551. The Balaban J connectivity index is 2.88. The Labute approximate surface area is 73.0 Å². The second kappa shape index (κ2) is 3.70. The van der Waals surface area contributed by atoms with Gasteiger partial charge in [0.15, 0.2) is 0 Å². The highest BCUT2D eigenvalue weighted by Gasteiger charge is 2.11. The van der Waals surface area contributed by atoms with E-state index in [0.717, 1.165) is 11.1 Å². The molecular weight excluding hydrogens is 150 g/mol. The van der Waals surface area contributed by atoms with Gasteiger partial charge >= 0.3 is 0 Å². The van der Waals surface area contributed by atoms with Crippen LogP contribution in [0.3, 0.4) is 0 Å². The van der Waals surface area contributed by atoms with Crippen molar-refractivity contribution in [2.45, 2.75) is 26.0 Å². The van der Waals surface area contributed by atoms with Crippen LogP contribution in [0.4, 0.5) is 0 Å². The lowest BCUT2D eigenvalue weighted by molar-refractivity contribution is 0.153. The maximum atomic E-state index is 9.60. The predicted molar refractivity (Wildman–Crippen MR) is 49.8 cm³/mol. The molecule has 0 aliphatic heterocycles. The lowest BCUT2D eigenvalue weighted by atomic mass is 10.0. The van der Waals surface area contributed by atoms with Crippen LogP contribution in [0.15, 0.2) is 24.3 Å². The average Bonchev–Trinajstić information content (AvgIpc) is 2.03. The number of aryl methyl sites for hydroxylation is 1. The minimum Gasteiger partial charge on any atom is -0.387 e. The first-order chi connectivity index (χ1) is 5.61. The first-order valence-corrected chi connectivity index (χ1v) is 4.11. The van der Waals surface area contributed by atoms with Crippen LogP contribution in [0.25, 0.3) is 0 Å². The van der Waals surface area contributed by atoms with Crippen LogP contribution in [-0.4, -0.2) is 11.1 Å². The monoisotopic (exact) mass is 165 g/mol. The molecule has 1 aromatic carbocycles. The summed E-state index contributed by atoms with van der Waals surface area (Å²) in [5, 5.41) is 9.60. The fourth-order valence-corrected chi connectivity index (χ4v) is 1.16. The maximum Gasteiger partial charge on any atom is 0.0938 e. The molecule has 66 valence electrons. The van der Waals surface area contributed by atoms with Crippen molar-refractivity contribution in [3.8, 4) is 0 Å². The van der Waals surface area contributed by atoms with Crippen molar-refractivity contribution in [2.24, 2.45) is 5.73 Å². The van der Waals surface area contributed by atoms with Gasteiger partial charge in [-0.1, -0.05) is 29.8 Å². The summed E-state index contributed by atoms with van der Waals surface area (Å²) in [6.07, 6.45) is -0.551. The Morgan fingerprint density at radius 2 is 2.08 bits per heavy atom. The molecule has 0 aromatic heterocycles. The van der Waals surface area contributed by atoms with Crippen molar-refractivity contribution in [1.29, 1.82) is 0 Å². The van der Waals surface area contributed by atoms with Crippen LogP contribution in [0.5, 0.6) is 0 Å². The van der Waals surface area contributed by atoms with E-state index in [1.807, 2.05) is 31.2 Å². The molecule has 0 fully saturated rings. The number of rotatable bonds is 2. The van der Waals surface area contributed by atoms with Crippen molar-refractivity contribution < 1.29 is 5.11 Å². The quantitative estimate of drug-likeness (QED) is 0.695. The number of aliphatic hydroxyl groups is 1. The highest BCUT2D eigenvalue weighted by molar-refractivity contribution is 5.24. The Hall–Kier alpha value is -0.860. The first kappa shape index (κ1) is 9.23. The fraction of sp³-hybridized carbons (Fsp3) is 0.400. The van der Waals surface area contributed by atoms with Crippen molar-refractivity contribution >= 4 is 0 Å². The van der Waals surface area contributed by atoms with Crippen LogP contribution in [0, 0.1) is 6.92 Å². The van der Waals surface area contributed by atoms with Gasteiger partial charge in [0.05, 0.1) is 6.10 Å². The molecule has 0 amide bonds. The van der Waals surface area contributed by atoms with Gasteiger partial charge in [-0.15, -0.1) is 0 Å². The summed E-state index contributed by atoms with van der Waals surface area (Å²) in [5.41, 5.74) is 7.61. The summed E-state index contributed by atoms with van der Waals surface area (Å²) in [5.74, 6) is 0. The van der Waals surface area contributed by atoms with Crippen LogP contribution in [0.2, 0.25) is 0 Å². The molecule has 1 rings (SSSR count). The van der Waals surface area contributed by atoms with E-state index >= 15 is 0 Å². The average molecular weight is 165 g/mol. The van der Waals surface area contributed by atoms with Crippen molar-refractivity contribution in [1.82, 2.24) is 0 Å². The molecule has 0 saturated heterocycles. The van der Waals surface area contributed by atoms with E-state index in [-0.39, 0.29) is 6.04 Å². The molecule has 12 heavy (non-hydrogen) atoms. The zero-order valence-corrected chi connectivity index (χ0v) is 7.49. The van der Waals surface area contributed by atoms with Crippen molar-refractivity contribution in [2.75, 3.05) is 0 Å². The third kappa shape index (κ3) is 2.06. The standard InChI is InChI=1S/C10H15NO/c1-7-4-3-5-9(6-7)10(12)8(2)11/h3-6,8,10,12H,11H2,1-2H3/t8-,10?/m0/s1. The topological polar surface area (TPSA) is 46.2 Å². The molecule has 2 atom stereocenters. The van der Waals surface area contributed by atoms with E-state index < -0.39 is 6.10 Å². The summed E-state index contributed by atoms with van der Waals surface area (Å²) in [4.78, 5) is 0. The molecule has 2 heteroatoms. The van der Waals surface area contributed by atoms with Crippen LogP contribution in [0.1, 0.15) is 24.2 Å². The van der Waals surface area contributed by atoms with Crippen molar-refractivity contribution in [3.05, 3.63) is 35.4 Å². The molecule has 1 aromatic rings. The Bertz CT molecular complexity index is 258. The molecule has 0 bridgehead atoms. The zero-order valence-electron chi connectivity index (χ0n) is 7.49. The van der Waals surface area contributed by atoms with Gasteiger partial charge in [0.25, 0.3) is 0 Å². The summed E-state index contributed by atoms with van der Waals surface area (Å²) < 4.78 is 0. The van der Waals surface area contributed by atoms with Crippen LogP contribution in [-0.2, 0) is 0 Å². The zero-order chi connectivity index (χ0) is 9.14. The molecule has 0 radical (unpaired) electrons. The van der Waals surface area contributed by atoms with Gasteiger partial charge in [0.1, 0.15) is 0 Å². The summed E-state index contributed by atoms with van der Waals surface area (Å²) in [6.45, 7) is 3.80. The summed E-state index contributed by atoms with van der Waals surface area (Å²) in [6, 6.07) is 7.55. The van der Waals surface area contributed by atoms with E-state index in [4.69, 9.17) is 5.73 Å². The lowest BCUT2D eigenvalue weighted by Gasteiger charge is -2.14. The molecule has 0 aliphatic carbocycles. The summed E-state index contributed by atoms with van der Waals surface area (Å²) >= 11 is 0. The highest BCUT2D eigenvalue weighted by Crippen LogP contribution is 2.16. The number of hydrogen-bond donors (Lipinski definition) is 2. The summed E-state index contributed by atoms with van der Waals surface area (Å²) in [7, 11) is 0. The molecule has 1 unspecified atom stereocenters. The lowest BCUT2D eigenvalue weighted by Crippen LogP contribution is -2.24. The largest absolute Gasteiger partial charge is 0.387 e. The molecule has 0 spiro atoms. The van der Waals surface area contributed by atoms with Gasteiger partial charge in [0, 0.05) is 6.04 Å². The highest BCUT2D eigenvalue weighted by atomic mass is 16.3. The van der Waals surface area contributed by atoms with Crippen LogP contribution < -0.4 is 5.73 Å². The molecule has 0 saturated carbocycles. The normalized spacial score (nSPS) is 15.7. The van der Waals surface area contributed by atoms with E-state index in [9.17, 15) is 5.11 Å². The molecule has 0 heterocycles. The Morgan fingerprint density at radius 1 is 1.42 bits per heavy atom. The van der Waals surface area contributed by atoms with Gasteiger partial charge in [-0.3, -0.25) is 0 Å².